The fraction of sp³-hybridized carbons (Fsp3) is 0.500. The van der Waals surface area contributed by atoms with Gasteiger partial charge in [-0.25, -0.2) is 8.78 Å². The van der Waals surface area contributed by atoms with Crippen LogP contribution in [-0.2, 0) is 5.41 Å². The number of para-hydroxylation sites is 1. The van der Waals surface area contributed by atoms with Gasteiger partial charge in [0.2, 0.25) is 5.92 Å². The van der Waals surface area contributed by atoms with E-state index < -0.39 is 11.3 Å². The van der Waals surface area contributed by atoms with E-state index in [0.29, 0.717) is 19.4 Å². The molecule has 0 unspecified atom stereocenters. The Morgan fingerprint density at radius 2 is 1.80 bits per heavy atom. The number of nitrogens with two attached hydrogens (primary N) is 1. The highest BCUT2D eigenvalue weighted by Crippen LogP contribution is 2.47. The minimum Gasteiger partial charge on any atom is -0.460 e. The topological polar surface area (TPSA) is 39.2 Å². The summed E-state index contributed by atoms with van der Waals surface area (Å²) in [5.41, 5.74) is 7.35. The van der Waals surface area contributed by atoms with Crippen LogP contribution in [0.1, 0.15) is 37.0 Å². The van der Waals surface area contributed by atoms with E-state index in [0.717, 1.165) is 22.3 Å². The Morgan fingerprint density at radius 3 is 2.40 bits per heavy atom. The third-order valence-corrected chi connectivity index (χ3v) is 4.65. The molecule has 2 aromatic rings. The van der Waals surface area contributed by atoms with Crippen LogP contribution in [0.25, 0.3) is 11.0 Å². The summed E-state index contributed by atoms with van der Waals surface area (Å²) in [5, 5.41) is 1.05. The zero-order valence-electron chi connectivity index (χ0n) is 11.6. The van der Waals surface area contributed by atoms with Crippen molar-refractivity contribution in [2.45, 2.75) is 43.9 Å². The molecule has 20 heavy (non-hydrogen) atoms. The maximum atomic E-state index is 13.4. The molecule has 0 saturated heterocycles. The molecule has 3 rings (SSSR count). The van der Waals surface area contributed by atoms with Crippen molar-refractivity contribution >= 4 is 11.0 Å². The monoisotopic (exact) mass is 279 g/mol. The minimum atomic E-state index is -2.56. The number of hydrogen-bond acceptors (Lipinski definition) is 2. The van der Waals surface area contributed by atoms with Crippen molar-refractivity contribution in [2.24, 2.45) is 5.73 Å². The molecule has 0 atom stereocenters. The van der Waals surface area contributed by atoms with Crippen LogP contribution in [0.5, 0.6) is 0 Å². The van der Waals surface area contributed by atoms with Gasteiger partial charge in [0.15, 0.2) is 0 Å². The Balaban J connectivity index is 2.06. The molecule has 0 amide bonds. The van der Waals surface area contributed by atoms with Gasteiger partial charge >= 0.3 is 0 Å². The third kappa shape index (κ3) is 2.03. The number of halogens is 2. The van der Waals surface area contributed by atoms with Gasteiger partial charge < -0.3 is 10.2 Å². The smallest absolute Gasteiger partial charge is 0.248 e. The Bertz CT molecular complexity index is 622. The Kier molecular flexibility index (Phi) is 3.09. The Labute approximate surface area is 116 Å². The first kappa shape index (κ1) is 13.6. The summed E-state index contributed by atoms with van der Waals surface area (Å²) in [6.07, 6.45) is 0.551. The normalized spacial score (nSPS) is 21.2. The number of hydrogen-bond donors (Lipinski definition) is 1. The van der Waals surface area contributed by atoms with Crippen molar-refractivity contribution in [2.75, 3.05) is 6.54 Å². The van der Waals surface area contributed by atoms with Gasteiger partial charge in [0.05, 0.1) is 0 Å². The van der Waals surface area contributed by atoms with E-state index in [9.17, 15) is 8.78 Å². The summed E-state index contributed by atoms with van der Waals surface area (Å²) in [4.78, 5) is 0. The Hall–Kier alpha value is -1.42. The van der Waals surface area contributed by atoms with Gasteiger partial charge in [0.25, 0.3) is 0 Å². The maximum absolute atomic E-state index is 13.4. The molecule has 2 nitrogen and oxygen atoms in total. The van der Waals surface area contributed by atoms with E-state index in [2.05, 4.69) is 0 Å². The highest BCUT2D eigenvalue weighted by molar-refractivity contribution is 5.82. The van der Waals surface area contributed by atoms with Crippen molar-refractivity contribution in [1.29, 1.82) is 0 Å². The number of rotatable bonds is 2. The van der Waals surface area contributed by atoms with Crippen molar-refractivity contribution < 1.29 is 13.2 Å². The van der Waals surface area contributed by atoms with Gasteiger partial charge in [-0.3, -0.25) is 0 Å². The second-order valence-electron chi connectivity index (χ2n) is 5.89. The number of fused-ring (bicyclic) bond motifs is 1. The molecule has 108 valence electrons. The van der Waals surface area contributed by atoms with Crippen molar-refractivity contribution in [3.8, 4) is 0 Å². The molecule has 1 aromatic heterocycles. The zero-order valence-corrected chi connectivity index (χ0v) is 11.6. The molecule has 0 radical (unpaired) electrons. The molecule has 1 saturated carbocycles. The molecule has 1 fully saturated rings. The SMILES string of the molecule is Cc1c(C2(CN)CCC(F)(F)CC2)oc2ccccc12. The van der Waals surface area contributed by atoms with Gasteiger partial charge in [-0.15, -0.1) is 0 Å². The van der Waals surface area contributed by atoms with Crippen LogP contribution in [0.4, 0.5) is 8.78 Å². The molecule has 1 aliphatic carbocycles. The van der Waals surface area contributed by atoms with Crippen LogP contribution < -0.4 is 5.73 Å². The lowest BCUT2D eigenvalue weighted by molar-refractivity contribution is -0.0532. The van der Waals surface area contributed by atoms with Crippen LogP contribution in [0.15, 0.2) is 28.7 Å². The highest BCUT2D eigenvalue weighted by Gasteiger charge is 2.46. The molecule has 1 aromatic carbocycles. The molecule has 0 aliphatic heterocycles. The minimum absolute atomic E-state index is 0.110. The largest absolute Gasteiger partial charge is 0.460 e. The van der Waals surface area contributed by atoms with Gasteiger partial charge in [-0.2, -0.15) is 0 Å². The summed E-state index contributed by atoms with van der Waals surface area (Å²) in [6.45, 7) is 2.34. The van der Waals surface area contributed by atoms with E-state index in [1.54, 1.807) is 0 Å². The predicted molar refractivity (Wildman–Crippen MR) is 75.1 cm³/mol. The third-order valence-electron chi connectivity index (χ3n) is 4.65. The van der Waals surface area contributed by atoms with Crippen LogP contribution >= 0.6 is 0 Å². The summed E-state index contributed by atoms with van der Waals surface area (Å²) in [6, 6.07) is 7.78. The van der Waals surface area contributed by atoms with Crippen molar-refractivity contribution in [3.63, 3.8) is 0 Å². The van der Waals surface area contributed by atoms with Crippen molar-refractivity contribution in [1.82, 2.24) is 0 Å². The average molecular weight is 279 g/mol. The molecular formula is C16H19F2NO. The van der Waals surface area contributed by atoms with Crippen LogP contribution in [0.2, 0.25) is 0 Å². The standard InChI is InChI=1S/C16H19F2NO/c1-11-12-4-2-3-5-13(12)20-14(11)15(10-19)6-8-16(17,18)9-7-15/h2-5H,6-10,19H2,1H3. The quantitative estimate of drug-likeness (QED) is 0.897. The van der Waals surface area contributed by atoms with Gasteiger partial charge in [-0.05, 0) is 31.4 Å². The summed E-state index contributed by atoms with van der Waals surface area (Å²) in [7, 11) is 0. The first-order valence-corrected chi connectivity index (χ1v) is 7.04. The summed E-state index contributed by atoms with van der Waals surface area (Å²) < 4.78 is 32.8. The Morgan fingerprint density at radius 1 is 1.15 bits per heavy atom. The van der Waals surface area contributed by atoms with Crippen LogP contribution in [0, 0.1) is 6.92 Å². The molecule has 1 heterocycles. The van der Waals surface area contributed by atoms with Crippen LogP contribution in [0.3, 0.4) is 0 Å². The highest BCUT2D eigenvalue weighted by atomic mass is 19.3. The lowest BCUT2D eigenvalue weighted by Gasteiger charge is -2.38. The second-order valence-corrected chi connectivity index (χ2v) is 5.89. The molecule has 4 heteroatoms. The zero-order chi connectivity index (χ0) is 14.4. The van der Waals surface area contributed by atoms with E-state index in [4.69, 9.17) is 10.2 Å². The fourth-order valence-corrected chi connectivity index (χ4v) is 3.30. The van der Waals surface area contributed by atoms with E-state index >= 15 is 0 Å². The average Bonchev–Trinajstić information content (AvgIpc) is 2.78. The van der Waals surface area contributed by atoms with E-state index in [-0.39, 0.29) is 12.8 Å². The van der Waals surface area contributed by atoms with Gasteiger partial charge in [-0.1, -0.05) is 18.2 Å². The predicted octanol–water partition coefficient (Wildman–Crippen LogP) is 4.15. The molecule has 2 N–H and O–H groups in total. The van der Waals surface area contributed by atoms with Crippen molar-refractivity contribution in [3.05, 3.63) is 35.6 Å². The number of aryl methyl sites for hydroxylation is 1. The number of furan rings is 1. The first-order chi connectivity index (χ1) is 9.47. The van der Waals surface area contributed by atoms with Gasteiger partial charge in [0.1, 0.15) is 11.3 Å². The first-order valence-electron chi connectivity index (χ1n) is 7.04. The van der Waals surface area contributed by atoms with E-state index in [1.807, 2.05) is 31.2 Å². The maximum Gasteiger partial charge on any atom is 0.248 e. The molecule has 1 aliphatic rings. The molecular weight excluding hydrogens is 260 g/mol. The number of benzene rings is 1. The fourth-order valence-electron chi connectivity index (χ4n) is 3.30. The number of alkyl halides is 2. The van der Waals surface area contributed by atoms with E-state index in [1.165, 1.54) is 0 Å². The molecule has 0 spiro atoms. The summed E-state index contributed by atoms with van der Waals surface area (Å²) >= 11 is 0. The van der Waals surface area contributed by atoms with Crippen LogP contribution in [-0.4, -0.2) is 12.5 Å². The van der Waals surface area contributed by atoms with Gasteiger partial charge in [0, 0.05) is 30.2 Å². The second kappa shape index (κ2) is 4.55. The molecule has 0 bridgehead atoms. The summed E-state index contributed by atoms with van der Waals surface area (Å²) in [5.74, 6) is -1.75. The lowest BCUT2D eigenvalue weighted by atomic mass is 9.70. The lowest BCUT2D eigenvalue weighted by Crippen LogP contribution is -2.42.